The summed E-state index contributed by atoms with van der Waals surface area (Å²) in [4.78, 5) is 30.4. The Hall–Kier alpha value is -5.00. The number of hydrogen-bond donors (Lipinski definition) is 3. The summed E-state index contributed by atoms with van der Waals surface area (Å²) in [6.45, 7) is 12.0. The van der Waals surface area contributed by atoms with E-state index in [2.05, 4.69) is 30.6 Å². The van der Waals surface area contributed by atoms with E-state index in [9.17, 15) is 4.79 Å². The van der Waals surface area contributed by atoms with Gasteiger partial charge >= 0.3 is 6.09 Å². The van der Waals surface area contributed by atoms with E-state index in [-0.39, 0.29) is 6.09 Å². The first kappa shape index (κ1) is 29.5. The number of anilines is 4. The molecular weight excluding hydrogens is 546 g/mol. The lowest BCUT2D eigenvalue weighted by Gasteiger charge is -2.36. The van der Waals surface area contributed by atoms with Crippen LogP contribution in [0.5, 0.6) is 11.5 Å². The highest BCUT2D eigenvalue weighted by Crippen LogP contribution is 2.34. The fourth-order valence-corrected chi connectivity index (χ4v) is 4.90. The number of amides is 1. The van der Waals surface area contributed by atoms with Crippen molar-refractivity contribution in [2.45, 2.75) is 40.2 Å². The van der Waals surface area contributed by atoms with E-state index in [1.165, 1.54) is 6.33 Å². The van der Waals surface area contributed by atoms with Crippen LogP contribution in [-0.4, -0.2) is 64.8 Å². The Morgan fingerprint density at radius 2 is 1.77 bits per heavy atom. The zero-order valence-electron chi connectivity index (χ0n) is 25.4. The van der Waals surface area contributed by atoms with Crippen LogP contribution in [-0.2, 0) is 4.74 Å². The van der Waals surface area contributed by atoms with Crippen LogP contribution in [0, 0.1) is 19.4 Å². The van der Waals surface area contributed by atoms with Crippen LogP contribution in [0.1, 0.15) is 31.9 Å². The van der Waals surface area contributed by atoms with Gasteiger partial charge in [0.05, 0.1) is 11.2 Å². The number of carbonyl (C=O) groups excluding carboxylic acids is 1. The van der Waals surface area contributed by atoms with Gasteiger partial charge in [-0.25, -0.2) is 25.3 Å². The molecule has 0 spiro atoms. The van der Waals surface area contributed by atoms with E-state index in [4.69, 9.17) is 20.0 Å². The molecule has 1 fully saturated rings. The van der Waals surface area contributed by atoms with Crippen molar-refractivity contribution in [3.63, 3.8) is 0 Å². The summed E-state index contributed by atoms with van der Waals surface area (Å²) in [5, 5.41) is 9.99. The smallest absolute Gasteiger partial charge is 0.410 e. The van der Waals surface area contributed by atoms with Crippen LogP contribution < -0.4 is 20.3 Å². The number of nitrogens with one attached hydrogen (secondary N) is 3. The quantitative estimate of drug-likeness (QED) is 0.197. The van der Waals surface area contributed by atoms with E-state index in [0.717, 1.165) is 33.8 Å². The Morgan fingerprint density at radius 1 is 1.00 bits per heavy atom. The molecular formula is C31H37N9O3. The lowest BCUT2D eigenvalue weighted by molar-refractivity contribution is 0.0240. The normalized spacial score (nSPS) is 13.5. The first-order valence-electron chi connectivity index (χ1n) is 14.1. The van der Waals surface area contributed by atoms with E-state index in [1.54, 1.807) is 18.0 Å². The highest BCUT2D eigenvalue weighted by atomic mass is 16.6. The molecule has 43 heavy (non-hydrogen) atoms. The second kappa shape index (κ2) is 12.1. The molecule has 4 aromatic rings. The van der Waals surface area contributed by atoms with Gasteiger partial charge < -0.3 is 29.9 Å². The maximum atomic E-state index is 12.5. The number of nitrogens with zero attached hydrogens (tertiary/aromatic N) is 6. The predicted octanol–water partition coefficient (Wildman–Crippen LogP) is 6.94. The number of fused-ring (bicyclic) bond motifs is 1. The van der Waals surface area contributed by atoms with Gasteiger partial charge in [0.2, 0.25) is 0 Å². The molecule has 3 heterocycles. The molecule has 2 aromatic heterocycles. The van der Waals surface area contributed by atoms with Gasteiger partial charge in [0.25, 0.3) is 0 Å². The molecule has 0 unspecified atom stereocenters. The number of aromatic nitrogens is 3. The SMILES string of the molecule is CNc1ccc(Oc2ccc(Nc3ncnc4cc(C)c(N5CCN(C(=O)OC(C)(C)C)CC5)nc34)cc2C)cc1N=N. The highest BCUT2D eigenvalue weighted by Gasteiger charge is 2.27. The highest BCUT2D eigenvalue weighted by molar-refractivity contribution is 5.89. The maximum Gasteiger partial charge on any atom is 0.410 e. The molecule has 5 rings (SSSR count). The van der Waals surface area contributed by atoms with Gasteiger partial charge in [-0.3, -0.25) is 0 Å². The summed E-state index contributed by atoms with van der Waals surface area (Å²) in [5.74, 6) is 2.72. The van der Waals surface area contributed by atoms with Crippen molar-refractivity contribution in [1.29, 1.82) is 5.53 Å². The predicted molar refractivity (Wildman–Crippen MR) is 167 cm³/mol. The molecule has 3 N–H and O–H groups in total. The average Bonchev–Trinajstić information content (AvgIpc) is 2.97. The Morgan fingerprint density at radius 3 is 2.44 bits per heavy atom. The monoisotopic (exact) mass is 583 g/mol. The third-order valence-corrected chi connectivity index (χ3v) is 7.03. The van der Waals surface area contributed by atoms with Gasteiger partial charge in [-0.1, -0.05) is 0 Å². The average molecular weight is 584 g/mol. The molecule has 0 atom stereocenters. The van der Waals surface area contributed by atoms with Gasteiger partial charge in [0, 0.05) is 45.0 Å². The maximum absolute atomic E-state index is 12.5. The molecule has 1 amide bonds. The largest absolute Gasteiger partial charge is 0.457 e. The fourth-order valence-electron chi connectivity index (χ4n) is 4.90. The Labute approximate surface area is 251 Å². The van der Waals surface area contributed by atoms with Gasteiger partial charge in [0.1, 0.15) is 40.4 Å². The van der Waals surface area contributed by atoms with Crippen molar-refractivity contribution in [3.05, 3.63) is 59.9 Å². The molecule has 0 bridgehead atoms. The molecule has 0 saturated carbocycles. The molecule has 0 radical (unpaired) electrons. The Bertz CT molecular complexity index is 1660. The number of carbonyl (C=O) groups is 1. The summed E-state index contributed by atoms with van der Waals surface area (Å²) in [6, 6.07) is 13.2. The van der Waals surface area contributed by atoms with Crippen LogP contribution in [0.2, 0.25) is 0 Å². The zero-order chi connectivity index (χ0) is 30.7. The van der Waals surface area contributed by atoms with Crippen molar-refractivity contribution in [3.8, 4) is 11.5 Å². The first-order chi connectivity index (χ1) is 20.5. The van der Waals surface area contributed by atoms with Crippen LogP contribution in [0.25, 0.3) is 11.0 Å². The van der Waals surface area contributed by atoms with E-state index < -0.39 is 5.60 Å². The second-order valence-corrected chi connectivity index (χ2v) is 11.4. The van der Waals surface area contributed by atoms with Crippen LogP contribution in [0.4, 0.5) is 33.5 Å². The van der Waals surface area contributed by atoms with Gasteiger partial charge in [-0.2, -0.15) is 5.11 Å². The Kier molecular flexibility index (Phi) is 8.29. The number of hydrogen-bond acceptors (Lipinski definition) is 11. The van der Waals surface area contributed by atoms with Crippen molar-refractivity contribution in [2.75, 3.05) is 48.8 Å². The first-order valence-corrected chi connectivity index (χ1v) is 14.1. The summed E-state index contributed by atoms with van der Waals surface area (Å²) < 4.78 is 11.6. The summed E-state index contributed by atoms with van der Waals surface area (Å²) in [7, 11) is 1.79. The summed E-state index contributed by atoms with van der Waals surface area (Å²) in [5.41, 5.74) is 12.3. The fraction of sp³-hybridized carbons (Fsp3) is 0.355. The minimum atomic E-state index is -0.526. The van der Waals surface area contributed by atoms with Crippen molar-refractivity contribution >= 4 is 45.8 Å². The number of rotatable bonds is 7. The molecule has 1 aliphatic heterocycles. The molecule has 0 aliphatic carbocycles. The number of ether oxygens (including phenoxy) is 2. The van der Waals surface area contributed by atoms with E-state index >= 15 is 0 Å². The molecule has 2 aromatic carbocycles. The minimum Gasteiger partial charge on any atom is -0.457 e. The molecule has 1 saturated heterocycles. The third-order valence-electron chi connectivity index (χ3n) is 7.03. The number of pyridine rings is 1. The minimum absolute atomic E-state index is 0.290. The lowest BCUT2D eigenvalue weighted by atomic mass is 10.2. The lowest BCUT2D eigenvalue weighted by Crippen LogP contribution is -2.50. The van der Waals surface area contributed by atoms with Gasteiger partial charge in [-0.15, -0.1) is 0 Å². The van der Waals surface area contributed by atoms with Gasteiger partial charge in [0.15, 0.2) is 5.82 Å². The third kappa shape index (κ3) is 6.74. The summed E-state index contributed by atoms with van der Waals surface area (Å²) >= 11 is 0. The zero-order valence-corrected chi connectivity index (χ0v) is 25.4. The molecule has 12 heteroatoms. The van der Waals surface area contributed by atoms with E-state index in [0.29, 0.717) is 54.7 Å². The van der Waals surface area contributed by atoms with Crippen LogP contribution >= 0.6 is 0 Å². The van der Waals surface area contributed by atoms with Crippen LogP contribution in [0.15, 0.2) is 53.9 Å². The van der Waals surface area contributed by atoms with Crippen molar-refractivity contribution in [2.24, 2.45) is 5.11 Å². The second-order valence-electron chi connectivity index (χ2n) is 11.4. The number of benzene rings is 2. The number of piperazine rings is 1. The van der Waals surface area contributed by atoms with Crippen LogP contribution in [0.3, 0.4) is 0 Å². The summed E-state index contributed by atoms with van der Waals surface area (Å²) in [6.07, 6.45) is 1.24. The Balaban J connectivity index is 1.33. The molecule has 1 aliphatic rings. The van der Waals surface area contributed by atoms with E-state index in [1.807, 2.05) is 71.0 Å². The van der Waals surface area contributed by atoms with Gasteiger partial charge in [-0.05, 0) is 82.1 Å². The topological polar surface area (TPSA) is 141 Å². The number of aryl methyl sites for hydroxylation is 2. The molecule has 224 valence electrons. The molecule has 12 nitrogen and oxygen atoms in total. The van der Waals surface area contributed by atoms with Crippen molar-refractivity contribution in [1.82, 2.24) is 19.9 Å². The standard InChI is InChI=1S/C31H37N9O3/c1-19-15-21(7-10-26(19)42-22-8-9-23(33-6)24(17-22)38-32)36-28-27-25(34-18-35-28)16-20(2)29(37-27)39-11-13-40(14-12-39)30(41)43-31(3,4)5/h7-10,15-18,32-33H,11-14H2,1-6H3,(H,34,35,36). The van der Waals surface area contributed by atoms with Crippen molar-refractivity contribution < 1.29 is 14.3 Å².